The number of anilines is 1. The Bertz CT molecular complexity index is 438. The molecule has 100 valence electrons. The van der Waals surface area contributed by atoms with Crippen LogP contribution in [0.1, 0.15) is 5.56 Å². The first-order valence-corrected chi connectivity index (χ1v) is 5.14. The summed E-state index contributed by atoms with van der Waals surface area (Å²) in [5, 5.41) is 11.5. The van der Waals surface area contributed by atoms with E-state index in [0.717, 1.165) is 0 Å². The maximum absolute atomic E-state index is 12.4. The van der Waals surface area contributed by atoms with Crippen LogP contribution in [-0.4, -0.2) is 38.2 Å². The zero-order chi connectivity index (χ0) is 13.7. The number of oxime groups is 1. The average molecular weight is 259 g/mol. The van der Waals surface area contributed by atoms with E-state index in [1.54, 1.807) is 18.2 Å². The summed E-state index contributed by atoms with van der Waals surface area (Å²) in [6.45, 7) is -0.459. The molecule has 0 unspecified atom stereocenters. The number of nitrogens with two attached hydrogens (primary N) is 1. The molecule has 7 heteroatoms. The number of hydrogen-bond donors (Lipinski definition) is 2. The SMILES string of the molecule is COc1ccc(/C(N)=N/O)c(N(C)CC(F)F)c1. The fraction of sp³-hybridized carbons (Fsp3) is 0.364. The van der Waals surface area contributed by atoms with Crippen LogP contribution >= 0.6 is 0 Å². The van der Waals surface area contributed by atoms with E-state index in [4.69, 9.17) is 15.7 Å². The van der Waals surface area contributed by atoms with Gasteiger partial charge in [-0.3, -0.25) is 0 Å². The summed E-state index contributed by atoms with van der Waals surface area (Å²) in [4.78, 5) is 1.32. The molecule has 0 aliphatic carbocycles. The Kier molecular flexibility index (Phi) is 4.70. The molecule has 0 spiro atoms. The van der Waals surface area contributed by atoms with Gasteiger partial charge in [0.2, 0.25) is 0 Å². The molecule has 0 heterocycles. The van der Waals surface area contributed by atoms with Gasteiger partial charge in [0, 0.05) is 18.7 Å². The zero-order valence-electron chi connectivity index (χ0n) is 10.1. The van der Waals surface area contributed by atoms with Crippen LogP contribution in [-0.2, 0) is 0 Å². The largest absolute Gasteiger partial charge is 0.497 e. The fourth-order valence-electron chi connectivity index (χ4n) is 1.53. The predicted molar refractivity (Wildman–Crippen MR) is 64.8 cm³/mol. The molecule has 1 aromatic carbocycles. The first-order valence-electron chi connectivity index (χ1n) is 5.14. The molecular weight excluding hydrogens is 244 g/mol. The smallest absolute Gasteiger partial charge is 0.255 e. The lowest BCUT2D eigenvalue weighted by atomic mass is 10.1. The Labute approximate surface area is 103 Å². The summed E-state index contributed by atoms with van der Waals surface area (Å²) in [6.07, 6.45) is -2.48. The van der Waals surface area contributed by atoms with Gasteiger partial charge in [-0.2, -0.15) is 0 Å². The monoisotopic (exact) mass is 259 g/mol. The number of rotatable bonds is 5. The molecule has 0 amide bonds. The van der Waals surface area contributed by atoms with Crippen molar-refractivity contribution in [2.24, 2.45) is 10.9 Å². The van der Waals surface area contributed by atoms with E-state index in [1.165, 1.54) is 19.1 Å². The number of amidine groups is 1. The molecule has 0 fully saturated rings. The fourth-order valence-corrected chi connectivity index (χ4v) is 1.53. The molecule has 3 N–H and O–H groups in total. The number of hydrogen-bond acceptors (Lipinski definition) is 4. The second-order valence-electron chi connectivity index (χ2n) is 3.64. The summed E-state index contributed by atoms with van der Waals surface area (Å²) >= 11 is 0. The van der Waals surface area contributed by atoms with E-state index < -0.39 is 13.0 Å². The van der Waals surface area contributed by atoms with Gasteiger partial charge in [-0.05, 0) is 12.1 Å². The van der Waals surface area contributed by atoms with Gasteiger partial charge < -0.3 is 20.6 Å². The van der Waals surface area contributed by atoms with E-state index in [9.17, 15) is 8.78 Å². The summed E-state index contributed by atoms with van der Waals surface area (Å²) in [7, 11) is 2.96. The van der Waals surface area contributed by atoms with Crippen LogP contribution in [0.15, 0.2) is 23.4 Å². The van der Waals surface area contributed by atoms with E-state index >= 15 is 0 Å². The van der Waals surface area contributed by atoms with E-state index in [2.05, 4.69) is 5.16 Å². The van der Waals surface area contributed by atoms with Crippen LogP contribution in [0.25, 0.3) is 0 Å². The van der Waals surface area contributed by atoms with Gasteiger partial charge in [0.15, 0.2) is 5.84 Å². The van der Waals surface area contributed by atoms with Crippen molar-refractivity contribution < 1.29 is 18.7 Å². The third-order valence-corrected chi connectivity index (χ3v) is 2.41. The molecule has 0 aliphatic heterocycles. The van der Waals surface area contributed by atoms with Crippen LogP contribution < -0.4 is 15.4 Å². The van der Waals surface area contributed by atoms with Crippen LogP contribution in [0.4, 0.5) is 14.5 Å². The molecule has 0 aromatic heterocycles. The molecule has 0 aliphatic rings. The second kappa shape index (κ2) is 6.04. The molecule has 1 aromatic rings. The summed E-state index contributed by atoms with van der Waals surface area (Å²) in [6, 6.07) is 4.70. The number of nitrogens with zero attached hydrogens (tertiary/aromatic N) is 2. The molecule has 1 rings (SSSR count). The summed E-state index contributed by atoms with van der Waals surface area (Å²) in [5.41, 5.74) is 6.27. The maximum Gasteiger partial charge on any atom is 0.255 e. The minimum Gasteiger partial charge on any atom is -0.497 e. The third kappa shape index (κ3) is 3.22. The summed E-state index contributed by atoms with van der Waals surface area (Å²) in [5.74, 6) is 0.356. The van der Waals surface area contributed by atoms with E-state index in [0.29, 0.717) is 17.0 Å². The molecule has 0 atom stereocenters. The molecule has 5 nitrogen and oxygen atoms in total. The van der Waals surface area contributed by atoms with Gasteiger partial charge in [-0.1, -0.05) is 5.16 Å². The van der Waals surface area contributed by atoms with Crippen LogP contribution in [0.2, 0.25) is 0 Å². The lowest BCUT2D eigenvalue weighted by molar-refractivity contribution is 0.156. The number of benzene rings is 1. The molecular formula is C11H15F2N3O2. The third-order valence-electron chi connectivity index (χ3n) is 2.41. The van der Waals surface area contributed by atoms with Gasteiger partial charge in [0.25, 0.3) is 6.43 Å². The lowest BCUT2D eigenvalue weighted by Gasteiger charge is -2.22. The molecule has 0 bridgehead atoms. The average Bonchev–Trinajstić information content (AvgIpc) is 2.36. The van der Waals surface area contributed by atoms with Crippen molar-refractivity contribution in [1.82, 2.24) is 0 Å². The minimum absolute atomic E-state index is 0.145. The number of alkyl halides is 2. The van der Waals surface area contributed by atoms with Crippen molar-refractivity contribution in [3.05, 3.63) is 23.8 Å². The van der Waals surface area contributed by atoms with Gasteiger partial charge >= 0.3 is 0 Å². The molecule has 18 heavy (non-hydrogen) atoms. The van der Waals surface area contributed by atoms with E-state index in [1.807, 2.05) is 0 Å². The standard InChI is InChI=1S/C11H15F2N3O2/c1-16(6-10(12)13)9-5-7(18-2)3-4-8(9)11(14)15-17/h3-5,10,17H,6H2,1-2H3,(H2,14,15). The number of ether oxygens (including phenoxy) is 1. The quantitative estimate of drug-likeness (QED) is 0.364. The van der Waals surface area contributed by atoms with Gasteiger partial charge in [-0.25, -0.2) is 8.78 Å². The van der Waals surface area contributed by atoms with Gasteiger partial charge in [-0.15, -0.1) is 0 Å². The van der Waals surface area contributed by atoms with Crippen molar-refractivity contribution in [1.29, 1.82) is 0 Å². The highest BCUT2D eigenvalue weighted by Crippen LogP contribution is 2.25. The van der Waals surface area contributed by atoms with Crippen LogP contribution in [0, 0.1) is 0 Å². The van der Waals surface area contributed by atoms with Crippen LogP contribution in [0.3, 0.4) is 0 Å². The summed E-state index contributed by atoms with van der Waals surface area (Å²) < 4.78 is 29.8. The number of halogens is 2. The van der Waals surface area contributed by atoms with Crippen molar-refractivity contribution in [3.8, 4) is 5.75 Å². The van der Waals surface area contributed by atoms with Crippen molar-refractivity contribution in [2.45, 2.75) is 6.43 Å². The Morgan fingerprint density at radius 2 is 2.22 bits per heavy atom. The minimum atomic E-state index is -2.48. The van der Waals surface area contributed by atoms with Crippen molar-refractivity contribution >= 4 is 11.5 Å². The Morgan fingerprint density at radius 1 is 1.56 bits per heavy atom. The van der Waals surface area contributed by atoms with E-state index in [-0.39, 0.29) is 5.84 Å². The second-order valence-corrected chi connectivity index (χ2v) is 3.64. The Hall–Kier alpha value is -2.05. The number of methoxy groups -OCH3 is 1. The highest BCUT2D eigenvalue weighted by molar-refractivity contribution is 6.02. The highest BCUT2D eigenvalue weighted by atomic mass is 19.3. The Balaban J connectivity index is 3.19. The molecule has 0 saturated heterocycles. The Morgan fingerprint density at radius 3 is 2.72 bits per heavy atom. The van der Waals surface area contributed by atoms with Gasteiger partial charge in [0.05, 0.1) is 19.3 Å². The highest BCUT2D eigenvalue weighted by Gasteiger charge is 2.15. The van der Waals surface area contributed by atoms with Crippen molar-refractivity contribution in [2.75, 3.05) is 25.6 Å². The predicted octanol–water partition coefficient (Wildman–Crippen LogP) is 1.49. The van der Waals surface area contributed by atoms with Gasteiger partial charge in [0.1, 0.15) is 5.75 Å². The molecule has 0 radical (unpaired) electrons. The zero-order valence-corrected chi connectivity index (χ0v) is 10.1. The molecule has 0 saturated carbocycles. The first-order chi connectivity index (χ1) is 8.49. The van der Waals surface area contributed by atoms with Crippen LogP contribution in [0.5, 0.6) is 5.75 Å². The maximum atomic E-state index is 12.4. The topological polar surface area (TPSA) is 71.1 Å². The first kappa shape index (κ1) is 14.0. The normalized spacial score (nSPS) is 11.7. The lowest BCUT2D eigenvalue weighted by Crippen LogP contribution is -2.27. The van der Waals surface area contributed by atoms with Crippen molar-refractivity contribution in [3.63, 3.8) is 0 Å².